The highest BCUT2D eigenvalue weighted by Gasteiger charge is 2.33. The lowest BCUT2D eigenvalue weighted by atomic mass is 10.1. The van der Waals surface area contributed by atoms with E-state index in [1.165, 1.54) is 0 Å². The van der Waals surface area contributed by atoms with E-state index in [2.05, 4.69) is 6.58 Å². The van der Waals surface area contributed by atoms with Crippen LogP contribution in [0.15, 0.2) is 12.7 Å². The standard InChI is InChI=1S/C9H11NO7/c1-2-5(11)8(9(16)17)10(3-6(12)13)4-7(14)15/h2,8H,1,3-4H2,(H,12,13)(H,14,15)(H,16,17). The van der Waals surface area contributed by atoms with E-state index in [9.17, 15) is 19.2 Å². The van der Waals surface area contributed by atoms with Crippen molar-refractivity contribution in [3.05, 3.63) is 12.7 Å². The Morgan fingerprint density at radius 1 is 1.06 bits per heavy atom. The molecule has 1 atom stereocenters. The lowest BCUT2D eigenvalue weighted by Crippen LogP contribution is -2.50. The quantitative estimate of drug-likeness (QED) is 0.354. The van der Waals surface area contributed by atoms with Crippen molar-refractivity contribution in [2.75, 3.05) is 13.1 Å². The van der Waals surface area contributed by atoms with Gasteiger partial charge in [0.25, 0.3) is 0 Å². The van der Waals surface area contributed by atoms with Crippen LogP contribution in [-0.4, -0.2) is 63.0 Å². The van der Waals surface area contributed by atoms with Crippen molar-refractivity contribution in [1.82, 2.24) is 4.90 Å². The Balaban J connectivity index is 5.12. The smallest absolute Gasteiger partial charge is 0.329 e. The third kappa shape index (κ3) is 4.89. The molecule has 0 radical (unpaired) electrons. The topological polar surface area (TPSA) is 132 Å². The predicted molar refractivity (Wildman–Crippen MR) is 53.5 cm³/mol. The summed E-state index contributed by atoms with van der Waals surface area (Å²) in [6.45, 7) is 1.33. The van der Waals surface area contributed by atoms with E-state index in [1.54, 1.807) is 0 Å². The Bertz CT molecular complexity index is 346. The van der Waals surface area contributed by atoms with Crippen molar-refractivity contribution in [1.29, 1.82) is 0 Å². The van der Waals surface area contributed by atoms with Gasteiger partial charge in [-0.15, -0.1) is 0 Å². The fourth-order valence-electron chi connectivity index (χ4n) is 1.16. The van der Waals surface area contributed by atoms with Crippen molar-refractivity contribution < 1.29 is 34.5 Å². The van der Waals surface area contributed by atoms with Gasteiger partial charge in [-0.1, -0.05) is 6.58 Å². The van der Waals surface area contributed by atoms with Gasteiger partial charge >= 0.3 is 17.9 Å². The predicted octanol–water partition coefficient (Wildman–Crippen LogP) is -1.33. The van der Waals surface area contributed by atoms with E-state index in [0.29, 0.717) is 11.0 Å². The molecule has 1 unspecified atom stereocenters. The van der Waals surface area contributed by atoms with Gasteiger partial charge in [0, 0.05) is 0 Å². The van der Waals surface area contributed by atoms with Crippen LogP contribution in [0, 0.1) is 0 Å². The molecule has 0 aliphatic rings. The first kappa shape index (κ1) is 14.8. The van der Waals surface area contributed by atoms with Crippen LogP contribution in [0.1, 0.15) is 0 Å². The summed E-state index contributed by atoms with van der Waals surface area (Å²) in [7, 11) is 0. The molecule has 94 valence electrons. The molecule has 0 heterocycles. The van der Waals surface area contributed by atoms with Crippen LogP contribution in [0.2, 0.25) is 0 Å². The summed E-state index contributed by atoms with van der Waals surface area (Å²) in [5.74, 6) is -5.47. The van der Waals surface area contributed by atoms with Gasteiger partial charge in [-0.3, -0.25) is 24.1 Å². The third-order valence-electron chi connectivity index (χ3n) is 1.75. The highest BCUT2D eigenvalue weighted by atomic mass is 16.4. The number of ketones is 1. The Morgan fingerprint density at radius 3 is 1.71 bits per heavy atom. The first-order valence-corrected chi connectivity index (χ1v) is 4.36. The molecule has 0 spiro atoms. The second-order valence-electron chi connectivity index (χ2n) is 3.04. The summed E-state index contributed by atoms with van der Waals surface area (Å²) in [5, 5.41) is 25.8. The van der Waals surface area contributed by atoms with Gasteiger partial charge in [0.05, 0.1) is 13.1 Å². The summed E-state index contributed by atoms with van der Waals surface area (Å²) in [6.07, 6.45) is 0.704. The molecular formula is C9H11NO7. The normalized spacial score (nSPS) is 11.8. The highest BCUT2D eigenvalue weighted by molar-refractivity contribution is 6.08. The monoisotopic (exact) mass is 245 g/mol. The van der Waals surface area contributed by atoms with Crippen LogP contribution in [0.4, 0.5) is 0 Å². The molecule has 0 aromatic rings. The highest BCUT2D eigenvalue weighted by Crippen LogP contribution is 2.03. The number of carbonyl (C=O) groups is 4. The molecule has 0 bridgehead atoms. The molecular weight excluding hydrogens is 234 g/mol. The van der Waals surface area contributed by atoms with Gasteiger partial charge in [0.1, 0.15) is 0 Å². The van der Waals surface area contributed by atoms with Gasteiger partial charge in [-0.05, 0) is 6.08 Å². The number of hydrogen-bond acceptors (Lipinski definition) is 5. The molecule has 8 heteroatoms. The largest absolute Gasteiger partial charge is 0.480 e. The molecule has 0 aliphatic carbocycles. The van der Waals surface area contributed by atoms with Crippen LogP contribution in [-0.2, 0) is 19.2 Å². The van der Waals surface area contributed by atoms with E-state index in [0.717, 1.165) is 0 Å². The average molecular weight is 245 g/mol. The SMILES string of the molecule is C=CC(=O)C(C(=O)O)N(CC(=O)O)CC(=O)O. The molecule has 3 N–H and O–H groups in total. The van der Waals surface area contributed by atoms with E-state index < -0.39 is 42.8 Å². The van der Waals surface area contributed by atoms with Crippen LogP contribution in [0.25, 0.3) is 0 Å². The number of rotatable bonds is 8. The molecule has 0 saturated carbocycles. The lowest BCUT2D eigenvalue weighted by molar-refractivity contribution is -0.151. The average Bonchev–Trinajstić information content (AvgIpc) is 2.14. The van der Waals surface area contributed by atoms with Gasteiger partial charge in [-0.25, -0.2) is 0 Å². The summed E-state index contributed by atoms with van der Waals surface area (Å²) < 4.78 is 0. The first-order chi connectivity index (χ1) is 7.79. The fraction of sp³-hybridized carbons (Fsp3) is 0.333. The maximum absolute atomic E-state index is 11.2. The number of aliphatic carboxylic acids is 3. The fourth-order valence-corrected chi connectivity index (χ4v) is 1.16. The maximum atomic E-state index is 11.2. The van der Waals surface area contributed by atoms with E-state index in [1.807, 2.05) is 0 Å². The Kier molecular flexibility index (Phi) is 5.55. The third-order valence-corrected chi connectivity index (χ3v) is 1.75. The molecule has 0 fully saturated rings. The van der Waals surface area contributed by atoms with Crippen LogP contribution < -0.4 is 0 Å². The molecule has 17 heavy (non-hydrogen) atoms. The minimum atomic E-state index is -1.86. The number of carboxylic acids is 3. The number of hydrogen-bond donors (Lipinski definition) is 3. The minimum absolute atomic E-state index is 0.525. The maximum Gasteiger partial charge on any atom is 0.329 e. The van der Waals surface area contributed by atoms with Crippen LogP contribution >= 0.6 is 0 Å². The second-order valence-corrected chi connectivity index (χ2v) is 3.04. The molecule has 0 aromatic heterocycles. The molecule has 0 aliphatic heterocycles. The van der Waals surface area contributed by atoms with E-state index >= 15 is 0 Å². The summed E-state index contributed by atoms with van der Waals surface area (Å²) in [6, 6.07) is -1.86. The van der Waals surface area contributed by atoms with Crippen molar-refractivity contribution in [2.24, 2.45) is 0 Å². The second kappa shape index (κ2) is 6.38. The molecule has 8 nitrogen and oxygen atoms in total. The summed E-state index contributed by atoms with van der Waals surface area (Å²) in [4.78, 5) is 43.5. The van der Waals surface area contributed by atoms with Crippen LogP contribution in [0.5, 0.6) is 0 Å². The lowest BCUT2D eigenvalue weighted by Gasteiger charge is -2.23. The zero-order valence-corrected chi connectivity index (χ0v) is 8.70. The van der Waals surface area contributed by atoms with Crippen molar-refractivity contribution in [2.45, 2.75) is 6.04 Å². The van der Waals surface area contributed by atoms with Gasteiger partial charge in [0.15, 0.2) is 11.8 Å². The Morgan fingerprint density at radius 2 is 1.47 bits per heavy atom. The number of nitrogens with zero attached hydrogens (tertiary/aromatic N) is 1. The van der Waals surface area contributed by atoms with Gasteiger partial charge in [0.2, 0.25) is 0 Å². The zero-order valence-electron chi connectivity index (χ0n) is 8.70. The minimum Gasteiger partial charge on any atom is -0.480 e. The first-order valence-electron chi connectivity index (χ1n) is 4.36. The van der Waals surface area contributed by atoms with E-state index in [-0.39, 0.29) is 0 Å². The Hall–Kier alpha value is -2.22. The van der Waals surface area contributed by atoms with Crippen molar-refractivity contribution in [3.63, 3.8) is 0 Å². The molecule has 0 amide bonds. The Labute approximate surface area is 95.8 Å². The molecule has 0 rings (SSSR count). The van der Waals surface area contributed by atoms with Crippen molar-refractivity contribution in [3.8, 4) is 0 Å². The van der Waals surface area contributed by atoms with Gasteiger partial charge in [-0.2, -0.15) is 0 Å². The van der Waals surface area contributed by atoms with E-state index in [4.69, 9.17) is 15.3 Å². The number of carboxylic acid groups (broad SMARTS) is 3. The van der Waals surface area contributed by atoms with Gasteiger partial charge < -0.3 is 15.3 Å². The number of carbonyl (C=O) groups excluding carboxylic acids is 1. The summed E-state index contributed by atoms with van der Waals surface area (Å²) >= 11 is 0. The summed E-state index contributed by atoms with van der Waals surface area (Å²) in [5.41, 5.74) is 0. The molecule has 0 aromatic carbocycles. The van der Waals surface area contributed by atoms with Crippen molar-refractivity contribution >= 4 is 23.7 Å². The van der Waals surface area contributed by atoms with Crippen LogP contribution in [0.3, 0.4) is 0 Å². The zero-order chi connectivity index (χ0) is 13.6. The molecule has 0 saturated heterocycles.